The van der Waals surface area contributed by atoms with Gasteiger partial charge in [-0.15, -0.1) is 0 Å². The lowest BCUT2D eigenvalue weighted by atomic mass is 9.93. The Balaban J connectivity index is 1.64. The van der Waals surface area contributed by atoms with E-state index in [2.05, 4.69) is 0 Å². The van der Waals surface area contributed by atoms with Crippen molar-refractivity contribution in [1.29, 1.82) is 0 Å². The third-order valence-electron chi connectivity index (χ3n) is 7.56. The Morgan fingerprint density at radius 1 is 0.643 bits per heavy atom. The number of rotatable bonds is 6. The molecule has 2 heterocycles. The number of carbonyl (C=O) groups excluding carboxylic acids is 4. The molecule has 2 aliphatic heterocycles. The molecule has 0 radical (unpaired) electrons. The van der Waals surface area contributed by atoms with E-state index in [0.29, 0.717) is 50.1 Å². The van der Waals surface area contributed by atoms with Gasteiger partial charge in [0.15, 0.2) is 0 Å². The summed E-state index contributed by atoms with van der Waals surface area (Å²) in [7, 11) is 2.60. The Morgan fingerprint density at radius 3 is 1.38 bits per heavy atom. The Hall–Kier alpha value is -4.86. The summed E-state index contributed by atoms with van der Waals surface area (Å²) in [6, 6.07) is 16.7. The van der Waals surface area contributed by atoms with Crippen LogP contribution in [0.3, 0.4) is 0 Å². The van der Waals surface area contributed by atoms with Gasteiger partial charge in [-0.2, -0.15) is 0 Å². The largest absolute Gasteiger partial charge is 0.467 e. The van der Waals surface area contributed by atoms with E-state index in [9.17, 15) is 19.2 Å². The standard InChI is InChI=1S/C32H32N4O6/c1-41-31(39)27-15-9-17-35(27)29(37)23-19-26(34-22-13-7-4-8-14-22)24(20-25(23)33-21-11-5-3-6-12-21)30(38)36-18-10-16-28(36)32(40)42-2/h3-8,11-14,19-20,27-28H,9-10,15-18H2,1-2H3/t27-,28-/m0/s1. The van der Waals surface area contributed by atoms with E-state index in [0.717, 1.165) is 0 Å². The smallest absolute Gasteiger partial charge is 0.328 e. The van der Waals surface area contributed by atoms with Gasteiger partial charge in [0.1, 0.15) is 12.1 Å². The van der Waals surface area contributed by atoms with Crippen molar-refractivity contribution in [1.82, 2.24) is 9.80 Å². The molecule has 1 aliphatic carbocycles. The summed E-state index contributed by atoms with van der Waals surface area (Å²) in [5.74, 6) is -1.78. The highest BCUT2D eigenvalue weighted by Gasteiger charge is 2.41. The van der Waals surface area contributed by atoms with Gasteiger partial charge in [0, 0.05) is 13.1 Å². The van der Waals surface area contributed by atoms with Crippen LogP contribution in [0.2, 0.25) is 0 Å². The zero-order chi connectivity index (χ0) is 29.6. The number of likely N-dealkylation sites (tertiary alicyclic amines) is 2. The first-order valence-corrected chi connectivity index (χ1v) is 13.9. The minimum Gasteiger partial charge on any atom is -0.467 e. The van der Waals surface area contributed by atoms with Crippen molar-refractivity contribution >= 4 is 46.6 Å². The molecule has 0 aromatic heterocycles. The highest BCUT2D eigenvalue weighted by Crippen LogP contribution is 2.29. The molecule has 42 heavy (non-hydrogen) atoms. The van der Waals surface area contributed by atoms with Crippen molar-refractivity contribution in [3.63, 3.8) is 0 Å². The predicted octanol–water partition coefficient (Wildman–Crippen LogP) is 3.73. The average Bonchev–Trinajstić information content (AvgIpc) is 3.72. The van der Waals surface area contributed by atoms with Crippen LogP contribution in [0, 0.1) is 0 Å². The number of esters is 2. The molecule has 2 amide bonds. The second-order valence-corrected chi connectivity index (χ2v) is 10.1. The lowest BCUT2D eigenvalue weighted by Crippen LogP contribution is -2.45. The minimum atomic E-state index is -0.715. The molecule has 2 aromatic carbocycles. The van der Waals surface area contributed by atoms with Crippen LogP contribution in [0.5, 0.6) is 0 Å². The van der Waals surface area contributed by atoms with E-state index < -0.39 is 35.8 Å². The van der Waals surface area contributed by atoms with Crippen molar-refractivity contribution in [3.8, 4) is 0 Å². The van der Waals surface area contributed by atoms with Gasteiger partial charge in [-0.25, -0.2) is 19.6 Å². The van der Waals surface area contributed by atoms with Crippen molar-refractivity contribution in [2.45, 2.75) is 37.8 Å². The summed E-state index contributed by atoms with van der Waals surface area (Å²) in [6.07, 6.45) is 5.40. The molecule has 2 aromatic rings. The van der Waals surface area contributed by atoms with E-state index in [1.807, 2.05) is 36.4 Å². The molecular weight excluding hydrogens is 536 g/mol. The normalized spacial score (nSPS) is 22.1. The van der Waals surface area contributed by atoms with Crippen LogP contribution in [0.25, 0.3) is 0 Å². The quantitative estimate of drug-likeness (QED) is 0.387. The van der Waals surface area contributed by atoms with E-state index in [1.165, 1.54) is 24.0 Å². The second kappa shape index (κ2) is 12.8. The van der Waals surface area contributed by atoms with Crippen LogP contribution < -0.4 is 0 Å². The van der Waals surface area contributed by atoms with Gasteiger partial charge >= 0.3 is 11.9 Å². The molecule has 216 valence electrons. The summed E-state index contributed by atoms with van der Waals surface area (Å²) < 4.78 is 9.92. The van der Waals surface area contributed by atoms with Gasteiger partial charge in [0.25, 0.3) is 11.8 Å². The number of ether oxygens (including phenoxy) is 2. The average molecular weight is 569 g/mol. The number of allylic oxidation sites excluding steroid dienone is 2. The van der Waals surface area contributed by atoms with E-state index in [4.69, 9.17) is 19.5 Å². The zero-order valence-corrected chi connectivity index (χ0v) is 23.6. The SMILES string of the molecule is COC(=O)[C@@H]1CCCN1C(=O)C1=CC(=Nc2ccccc2)C(C(=O)N2CCC[C@H]2C(=O)OC)=CC1=Nc1ccccc1. The highest BCUT2D eigenvalue weighted by atomic mass is 16.5. The Bertz CT molecular complexity index is 1380. The van der Waals surface area contributed by atoms with Gasteiger partial charge < -0.3 is 19.3 Å². The number of hydrogen-bond acceptors (Lipinski definition) is 8. The Kier molecular flexibility index (Phi) is 8.71. The molecule has 0 unspecified atom stereocenters. The molecule has 10 nitrogen and oxygen atoms in total. The molecule has 10 heteroatoms. The first kappa shape index (κ1) is 28.7. The fourth-order valence-corrected chi connectivity index (χ4v) is 5.48. The number of methoxy groups -OCH3 is 2. The second-order valence-electron chi connectivity index (χ2n) is 10.1. The topological polar surface area (TPSA) is 118 Å². The number of amides is 2. The van der Waals surface area contributed by atoms with Crippen LogP contribution in [0.4, 0.5) is 11.4 Å². The number of para-hydroxylation sites is 2. The molecule has 2 fully saturated rings. The van der Waals surface area contributed by atoms with Crippen molar-refractivity contribution in [3.05, 3.63) is 84.0 Å². The van der Waals surface area contributed by atoms with Gasteiger partial charge in [0.05, 0.1) is 48.2 Å². The molecule has 0 N–H and O–H groups in total. The summed E-state index contributed by atoms with van der Waals surface area (Å²) in [4.78, 5) is 65.6. The lowest BCUT2D eigenvalue weighted by molar-refractivity contribution is -0.149. The Morgan fingerprint density at radius 2 is 1.02 bits per heavy atom. The number of aliphatic imine (C=N–C) groups is 2. The minimum absolute atomic E-state index is 0.201. The first-order chi connectivity index (χ1) is 20.4. The van der Waals surface area contributed by atoms with Crippen LogP contribution in [-0.4, -0.2) is 84.4 Å². The van der Waals surface area contributed by atoms with Crippen LogP contribution in [-0.2, 0) is 28.7 Å². The van der Waals surface area contributed by atoms with Crippen LogP contribution in [0.15, 0.2) is 93.9 Å². The number of benzene rings is 2. The monoisotopic (exact) mass is 568 g/mol. The zero-order valence-electron chi connectivity index (χ0n) is 23.6. The molecule has 0 saturated carbocycles. The third kappa shape index (κ3) is 5.93. The van der Waals surface area contributed by atoms with Crippen molar-refractivity contribution in [2.75, 3.05) is 27.3 Å². The fraction of sp³-hybridized carbons (Fsp3) is 0.312. The van der Waals surface area contributed by atoms with Crippen LogP contribution >= 0.6 is 0 Å². The number of hydrogen-bond donors (Lipinski definition) is 0. The predicted molar refractivity (Wildman–Crippen MR) is 157 cm³/mol. The molecule has 2 saturated heterocycles. The molecule has 5 rings (SSSR count). The number of nitrogens with zero attached hydrogens (tertiary/aromatic N) is 4. The van der Waals surface area contributed by atoms with Gasteiger partial charge in [-0.05, 0) is 62.1 Å². The summed E-state index contributed by atoms with van der Waals surface area (Å²) in [6.45, 7) is 0.758. The van der Waals surface area contributed by atoms with Crippen molar-refractivity contribution in [2.24, 2.45) is 9.98 Å². The first-order valence-electron chi connectivity index (χ1n) is 13.9. The highest BCUT2D eigenvalue weighted by molar-refractivity contribution is 6.40. The maximum absolute atomic E-state index is 14.1. The van der Waals surface area contributed by atoms with E-state index in [1.54, 1.807) is 36.4 Å². The summed E-state index contributed by atoms with van der Waals surface area (Å²) in [5.41, 5.74) is 2.07. The lowest BCUT2D eigenvalue weighted by Gasteiger charge is -2.28. The number of carbonyl (C=O) groups is 4. The van der Waals surface area contributed by atoms with Crippen LogP contribution in [0.1, 0.15) is 25.7 Å². The van der Waals surface area contributed by atoms with E-state index >= 15 is 0 Å². The molecule has 0 spiro atoms. The molecule has 3 aliphatic rings. The third-order valence-corrected chi connectivity index (χ3v) is 7.56. The van der Waals surface area contributed by atoms with Crippen molar-refractivity contribution < 1.29 is 28.7 Å². The fourth-order valence-electron chi connectivity index (χ4n) is 5.48. The molecule has 0 bridgehead atoms. The maximum Gasteiger partial charge on any atom is 0.328 e. The Labute approximate surface area is 244 Å². The summed E-state index contributed by atoms with van der Waals surface area (Å²) >= 11 is 0. The van der Waals surface area contributed by atoms with E-state index in [-0.39, 0.29) is 22.6 Å². The molecule has 2 atom stereocenters. The maximum atomic E-state index is 14.1. The van der Waals surface area contributed by atoms with Gasteiger partial charge in [-0.3, -0.25) is 9.59 Å². The van der Waals surface area contributed by atoms with Gasteiger partial charge in [0.2, 0.25) is 0 Å². The van der Waals surface area contributed by atoms with Gasteiger partial charge in [-0.1, -0.05) is 36.4 Å². The molecular formula is C32H32N4O6. The summed E-state index contributed by atoms with van der Waals surface area (Å²) in [5, 5.41) is 0.